The van der Waals surface area contributed by atoms with Crippen molar-refractivity contribution in [1.82, 2.24) is 4.98 Å². The van der Waals surface area contributed by atoms with Gasteiger partial charge in [-0.05, 0) is 62.2 Å². The van der Waals surface area contributed by atoms with Crippen LogP contribution in [0.5, 0.6) is 0 Å². The third-order valence-electron chi connectivity index (χ3n) is 5.59. The van der Waals surface area contributed by atoms with Crippen LogP contribution in [0, 0.1) is 12.8 Å². The van der Waals surface area contributed by atoms with Gasteiger partial charge in [0.05, 0.1) is 12.1 Å². The summed E-state index contributed by atoms with van der Waals surface area (Å²) in [6.45, 7) is 1.93. The number of carbonyl (C=O) groups excluding carboxylic acids is 1. The molecule has 0 spiro atoms. The van der Waals surface area contributed by atoms with Crippen LogP contribution in [0.2, 0.25) is 0 Å². The highest BCUT2D eigenvalue weighted by Gasteiger charge is 2.24. The molecule has 0 unspecified atom stereocenters. The third-order valence-corrected chi connectivity index (χ3v) is 6.57. The normalized spacial score (nSPS) is 14.2. The number of hydrogen-bond donors (Lipinski definition) is 0. The Kier molecular flexibility index (Phi) is 6.66. The van der Waals surface area contributed by atoms with E-state index in [9.17, 15) is 4.79 Å². The Hall–Kier alpha value is -2.73. The second-order valence-corrected chi connectivity index (χ2v) is 9.13. The quantitative estimate of drug-likeness (QED) is 0.433. The highest BCUT2D eigenvalue weighted by molar-refractivity contribution is 8.13. The minimum absolute atomic E-state index is 0.287. The van der Waals surface area contributed by atoms with Crippen molar-refractivity contribution in [1.29, 1.82) is 0 Å². The molecule has 1 aliphatic rings. The fourth-order valence-electron chi connectivity index (χ4n) is 3.42. The van der Waals surface area contributed by atoms with Gasteiger partial charge in [0, 0.05) is 37.0 Å². The van der Waals surface area contributed by atoms with Crippen LogP contribution in [0.3, 0.4) is 0 Å². The van der Waals surface area contributed by atoms with E-state index in [2.05, 4.69) is 22.0 Å². The molecule has 2 heterocycles. The molecule has 0 saturated heterocycles. The maximum atomic E-state index is 11.9. The second-order valence-electron chi connectivity index (χ2n) is 8.10. The Morgan fingerprint density at radius 1 is 1.16 bits per heavy atom. The molecular formula is C25H28N2O3S. The SMILES string of the molecule is Cc1oc(-c2ccc(N(C)C)cc2)nc1Cc1ccc(/C=C/CSC(=O)C2CCC2)o1. The number of rotatable bonds is 8. The van der Waals surface area contributed by atoms with Crippen LogP contribution in [-0.4, -0.2) is 29.9 Å². The predicted octanol–water partition coefficient (Wildman–Crippen LogP) is 5.97. The smallest absolute Gasteiger partial charge is 0.226 e. The summed E-state index contributed by atoms with van der Waals surface area (Å²) >= 11 is 1.40. The zero-order chi connectivity index (χ0) is 21.8. The molecular weight excluding hydrogens is 408 g/mol. The van der Waals surface area contributed by atoms with E-state index in [0.29, 0.717) is 23.2 Å². The fraction of sp³-hybridized carbons (Fsp3) is 0.360. The lowest BCUT2D eigenvalue weighted by molar-refractivity contribution is -0.116. The molecule has 3 aromatic rings. The van der Waals surface area contributed by atoms with Crippen molar-refractivity contribution < 1.29 is 13.6 Å². The maximum absolute atomic E-state index is 11.9. The molecule has 0 radical (unpaired) electrons. The molecule has 5 nitrogen and oxygen atoms in total. The van der Waals surface area contributed by atoms with E-state index in [1.807, 2.05) is 57.4 Å². The Morgan fingerprint density at radius 2 is 1.94 bits per heavy atom. The van der Waals surface area contributed by atoms with Gasteiger partial charge in [-0.3, -0.25) is 4.79 Å². The van der Waals surface area contributed by atoms with Crippen molar-refractivity contribution in [2.24, 2.45) is 5.92 Å². The average Bonchev–Trinajstić information content (AvgIpc) is 3.31. The Bertz CT molecular complexity index is 1060. The van der Waals surface area contributed by atoms with Crippen LogP contribution in [0.15, 0.2) is 51.3 Å². The van der Waals surface area contributed by atoms with Crippen molar-refractivity contribution in [2.75, 3.05) is 24.7 Å². The molecule has 1 fully saturated rings. The molecule has 162 valence electrons. The fourth-order valence-corrected chi connectivity index (χ4v) is 4.25. The molecule has 0 bridgehead atoms. The summed E-state index contributed by atoms with van der Waals surface area (Å²) in [6.07, 6.45) is 7.80. The van der Waals surface area contributed by atoms with Crippen LogP contribution in [0.25, 0.3) is 17.5 Å². The van der Waals surface area contributed by atoms with Crippen molar-refractivity contribution in [3.63, 3.8) is 0 Å². The highest BCUT2D eigenvalue weighted by atomic mass is 32.2. The van der Waals surface area contributed by atoms with E-state index in [-0.39, 0.29) is 5.92 Å². The molecule has 4 rings (SSSR count). The minimum atomic E-state index is 0.287. The van der Waals surface area contributed by atoms with Crippen LogP contribution < -0.4 is 4.90 Å². The molecule has 6 heteroatoms. The van der Waals surface area contributed by atoms with Crippen molar-refractivity contribution in [3.05, 3.63) is 65.4 Å². The van der Waals surface area contributed by atoms with E-state index in [4.69, 9.17) is 8.83 Å². The molecule has 31 heavy (non-hydrogen) atoms. The van der Waals surface area contributed by atoms with Crippen molar-refractivity contribution >= 4 is 28.6 Å². The summed E-state index contributed by atoms with van der Waals surface area (Å²) in [5.41, 5.74) is 2.96. The van der Waals surface area contributed by atoms with Gasteiger partial charge in [0.25, 0.3) is 0 Å². The van der Waals surface area contributed by atoms with Gasteiger partial charge >= 0.3 is 0 Å². The van der Waals surface area contributed by atoms with Crippen LogP contribution in [0.1, 0.15) is 42.2 Å². The number of nitrogens with zero attached hydrogens (tertiary/aromatic N) is 2. The third kappa shape index (κ3) is 5.31. The lowest BCUT2D eigenvalue weighted by atomic mass is 9.87. The van der Waals surface area contributed by atoms with Gasteiger partial charge in [-0.15, -0.1) is 0 Å². The summed E-state index contributed by atoms with van der Waals surface area (Å²) in [5, 5.41) is 0.324. The van der Waals surface area contributed by atoms with Gasteiger partial charge in [-0.1, -0.05) is 24.3 Å². The summed E-state index contributed by atoms with van der Waals surface area (Å²) in [4.78, 5) is 18.7. The lowest BCUT2D eigenvalue weighted by Crippen LogP contribution is -2.19. The first-order chi connectivity index (χ1) is 15.0. The van der Waals surface area contributed by atoms with Crippen LogP contribution >= 0.6 is 11.8 Å². The Balaban J connectivity index is 1.35. The molecule has 0 aliphatic heterocycles. The zero-order valence-corrected chi connectivity index (χ0v) is 19.1. The van der Waals surface area contributed by atoms with Gasteiger partial charge < -0.3 is 13.7 Å². The monoisotopic (exact) mass is 436 g/mol. The van der Waals surface area contributed by atoms with Crippen LogP contribution in [0.4, 0.5) is 5.69 Å². The van der Waals surface area contributed by atoms with Gasteiger partial charge in [0.15, 0.2) is 5.12 Å². The van der Waals surface area contributed by atoms with E-state index in [1.165, 1.54) is 18.2 Å². The lowest BCUT2D eigenvalue weighted by Gasteiger charge is -2.22. The van der Waals surface area contributed by atoms with Crippen molar-refractivity contribution in [2.45, 2.75) is 32.6 Å². The number of carbonyl (C=O) groups is 1. The number of hydrogen-bond acceptors (Lipinski definition) is 6. The van der Waals surface area contributed by atoms with E-state index in [0.717, 1.165) is 47.1 Å². The average molecular weight is 437 g/mol. The number of thioether (sulfide) groups is 1. The van der Waals surface area contributed by atoms with Crippen LogP contribution in [-0.2, 0) is 11.2 Å². The Labute approximate surface area is 187 Å². The highest BCUT2D eigenvalue weighted by Crippen LogP contribution is 2.31. The predicted molar refractivity (Wildman–Crippen MR) is 126 cm³/mol. The molecule has 1 aromatic carbocycles. The van der Waals surface area contributed by atoms with Crippen molar-refractivity contribution in [3.8, 4) is 11.5 Å². The number of anilines is 1. The number of oxazole rings is 1. The van der Waals surface area contributed by atoms with E-state index >= 15 is 0 Å². The topological polar surface area (TPSA) is 59.5 Å². The number of benzene rings is 1. The molecule has 2 aromatic heterocycles. The van der Waals surface area contributed by atoms with Gasteiger partial charge in [0.2, 0.25) is 5.89 Å². The van der Waals surface area contributed by atoms with Gasteiger partial charge in [-0.25, -0.2) is 4.98 Å². The number of aryl methyl sites for hydroxylation is 1. The first-order valence-electron chi connectivity index (χ1n) is 10.7. The summed E-state index contributed by atoms with van der Waals surface area (Å²) in [7, 11) is 4.03. The number of furan rings is 1. The van der Waals surface area contributed by atoms with E-state index < -0.39 is 0 Å². The molecule has 0 atom stereocenters. The summed E-state index contributed by atoms with van der Waals surface area (Å²) < 4.78 is 11.8. The molecule has 0 N–H and O–H groups in total. The first-order valence-corrected chi connectivity index (χ1v) is 11.6. The maximum Gasteiger partial charge on any atom is 0.226 e. The molecule has 1 aliphatic carbocycles. The zero-order valence-electron chi connectivity index (χ0n) is 18.3. The molecule has 1 saturated carbocycles. The van der Waals surface area contributed by atoms with E-state index in [1.54, 1.807) is 0 Å². The second kappa shape index (κ2) is 9.60. The summed E-state index contributed by atoms with van der Waals surface area (Å²) in [5.74, 6) is 4.01. The Morgan fingerprint density at radius 3 is 2.61 bits per heavy atom. The standard InChI is InChI=1S/C25H28N2O3S/c1-17-23(26-24(29-17)18-9-11-20(12-10-18)27(2)3)16-22-14-13-21(30-22)8-5-15-31-25(28)19-6-4-7-19/h5,8-14,19H,4,6-7,15-16H2,1-3H3/b8-5+. The first kappa shape index (κ1) is 21.5. The minimum Gasteiger partial charge on any atom is -0.461 e. The number of aromatic nitrogens is 1. The largest absolute Gasteiger partial charge is 0.461 e. The molecule has 0 amide bonds. The van der Waals surface area contributed by atoms with Gasteiger partial charge in [-0.2, -0.15) is 0 Å². The van der Waals surface area contributed by atoms with Gasteiger partial charge in [0.1, 0.15) is 17.3 Å². The summed E-state index contributed by atoms with van der Waals surface area (Å²) in [6, 6.07) is 12.1.